The Balaban J connectivity index is 1.43. The van der Waals surface area contributed by atoms with Crippen LogP contribution in [0.1, 0.15) is 56.8 Å². The third-order valence-electron chi connectivity index (χ3n) is 8.61. The van der Waals surface area contributed by atoms with Gasteiger partial charge >= 0.3 is 12.3 Å². The van der Waals surface area contributed by atoms with E-state index in [2.05, 4.69) is 15.3 Å². The second kappa shape index (κ2) is 12.5. The number of carbonyl (C=O) groups excluding carboxylic acids is 2. The SMILES string of the molecule is CCc1c(N2CCN(C(=O)OC(C)(C)C)C[C@H]3CC[C@@H]32)c(=O)c2nc3nc(C)sc3nc2n1CC(=O)Nc1ccc(C(F)(F)F)cc1Cl. The predicted molar refractivity (Wildman–Crippen MR) is 178 cm³/mol. The van der Waals surface area contributed by atoms with Gasteiger partial charge in [-0.2, -0.15) is 13.2 Å². The number of hydrogen-bond acceptors (Lipinski definition) is 9. The summed E-state index contributed by atoms with van der Waals surface area (Å²) in [6, 6.07) is 2.67. The summed E-state index contributed by atoms with van der Waals surface area (Å²) in [6.45, 7) is 9.97. The second-order valence-electron chi connectivity index (χ2n) is 13.1. The molecule has 2 amide bonds. The van der Waals surface area contributed by atoms with Crippen LogP contribution < -0.4 is 15.6 Å². The molecule has 1 saturated carbocycles. The molecule has 1 aromatic carbocycles. The zero-order chi connectivity index (χ0) is 34.7. The van der Waals surface area contributed by atoms with E-state index in [0.29, 0.717) is 52.9 Å². The number of benzene rings is 1. The van der Waals surface area contributed by atoms with Gasteiger partial charge in [0.25, 0.3) is 0 Å². The Bertz CT molecular complexity index is 1990. The summed E-state index contributed by atoms with van der Waals surface area (Å²) < 4.78 is 46.9. The monoisotopic (exact) mass is 705 g/mol. The number of hydrogen-bond donors (Lipinski definition) is 1. The molecule has 0 radical (unpaired) electrons. The molecule has 256 valence electrons. The maximum atomic E-state index is 14.4. The topological polar surface area (TPSA) is 123 Å². The van der Waals surface area contributed by atoms with Crippen molar-refractivity contribution < 1.29 is 27.5 Å². The van der Waals surface area contributed by atoms with Crippen LogP contribution in [0.25, 0.3) is 21.6 Å². The van der Waals surface area contributed by atoms with Gasteiger partial charge in [0.1, 0.15) is 17.8 Å². The van der Waals surface area contributed by atoms with Gasteiger partial charge in [0.05, 0.1) is 21.3 Å². The van der Waals surface area contributed by atoms with Crippen LogP contribution in [0, 0.1) is 12.8 Å². The lowest BCUT2D eigenvalue weighted by molar-refractivity contribution is -0.137. The fourth-order valence-corrected chi connectivity index (χ4v) is 7.31. The van der Waals surface area contributed by atoms with E-state index >= 15 is 0 Å². The molecule has 2 fully saturated rings. The average molecular weight is 706 g/mol. The Kier molecular flexibility index (Phi) is 8.81. The highest BCUT2D eigenvalue weighted by Gasteiger charge is 2.43. The predicted octanol–water partition coefficient (Wildman–Crippen LogP) is 6.42. The van der Waals surface area contributed by atoms with Crippen molar-refractivity contribution in [3.63, 3.8) is 0 Å². The summed E-state index contributed by atoms with van der Waals surface area (Å²) in [7, 11) is 0. The first-order chi connectivity index (χ1) is 22.5. The molecule has 16 heteroatoms. The number of fused-ring (bicyclic) bond motifs is 3. The number of aryl methyl sites for hydroxylation is 1. The first kappa shape index (κ1) is 33.9. The number of pyridine rings is 1. The molecule has 11 nitrogen and oxygen atoms in total. The normalized spacial score (nSPS) is 18.4. The van der Waals surface area contributed by atoms with Crippen molar-refractivity contribution in [2.75, 3.05) is 29.9 Å². The number of thiazole rings is 1. The molecule has 2 atom stereocenters. The number of amides is 2. The fourth-order valence-electron chi connectivity index (χ4n) is 6.36. The second-order valence-corrected chi connectivity index (χ2v) is 14.7. The van der Waals surface area contributed by atoms with E-state index < -0.39 is 29.3 Å². The number of alkyl halides is 3. The molecule has 0 unspecified atom stereocenters. The molecule has 48 heavy (non-hydrogen) atoms. The smallest absolute Gasteiger partial charge is 0.416 e. The molecular formula is C32H35ClF3N7O4S. The van der Waals surface area contributed by atoms with E-state index in [4.69, 9.17) is 21.3 Å². The highest BCUT2D eigenvalue weighted by Crippen LogP contribution is 2.39. The molecule has 4 aromatic rings. The standard InChI is InChI=1S/C32H35ClF3N7O4S/c1-6-21-25(42-12-11-41(14-17-7-10-22(17)42)30(46)47-31(3,4)5)26(45)24-28(40-29-27(39-24)37-16(2)48-29)43(21)15-23(44)38-20-9-8-18(13-19(20)33)32(34,35)36/h8-9,13,17,22H,6-7,10-12,14-15H2,1-5H3,(H,38,44)/t17-,22+/m1/s1. The first-order valence-electron chi connectivity index (χ1n) is 15.7. The number of rotatable bonds is 5. The van der Waals surface area contributed by atoms with Crippen molar-refractivity contribution in [2.45, 2.75) is 78.2 Å². The van der Waals surface area contributed by atoms with Crippen molar-refractivity contribution >= 4 is 68.0 Å². The van der Waals surface area contributed by atoms with Gasteiger partial charge in [-0.15, -0.1) is 0 Å². The molecule has 0 spiro atoms. The van der Waals surface area contributed by atoms with Gasteiger partial charge in [-0.1, -0.05) is 29.9 Å². The number of ether oxygens (including phenoxy) is 1. The Labute approximate surface area is 283 Å². The Morgan fingerprint density at radius 2 is 1.88 bits per heavy atom. The molecule has 4 heterocycles. The summed E-state index contributed by atoms with van der Waals surface area (Å²) in [6.07, 6.45) is -2.97. The van der Waals surface area contributed by atoms with Crippen molar-refractivity contribution in [2.24, 2.45) is 5.92 Å². The van der Waals surface area contributed by atoms with Crippen LogP contribution in [0.4, 0.5) is 29.3 Å². The fraction of sp³-hybridized carbons (Fsp3) is 0.500. The van der Waals surface area contributed by atoms with Gasteiger partial charge < -0.3 is 24.4 Å². The third kappa shape index (κ3) is 6.53. The van der Waals surface area contributed by atoms with Gasteiger partial charge in [-0.05, 0) is 71.1 Å². The van der Waals surface area contributed by atoms with Crippen molar-refractivity contribution in [3.8, 4) is 0 Å². The lowest BCUT2D eigenvalue weighted by Crippen LogP contribution is -2.50. The Hall–Kier alpha value is -3.98. The number of nitrogens with zero attached hydrogens (tertiary/aromatic N) is 6. The molecule has 1 aliphatic heterocycles. The maximum Gasteiger partial charge on any atom is 0.416 e. The quantitative estimate of drug-likeness (QED) is 0.253. The van der Waals surface area contributed by atoms with Crippen LogP contribution in [0.15, 0.2) is 23.0 Å². The van der Waals surface area contributed by atoms with Crippen LogP contribution in [0.5, 0.6) is 0 Å². The van der Waals surface area contributed by atoms with Crippen molar-refractivity contribution in [3.05, 3.63) is 49.7 Å². The minimum Gasteiger partial charge on any atom is -0.444 e. The van der Waals surface area contributed by atoms with Crippen molar-refractivity contribution in [1.82, 2.24) is 24.4 Å². The minimum absolute atomic E-state index is 0.0110. The molecule has 1 saturated heterocycles. The molecule has 2 aliphatic rings. The van der Waals surface area contributed by atoms with E-state index in [1.165, 1.54) is 11.3 Å². The van der Waals surface area contributed by atoms with Crippen molar-refractivity contribution in [1.29, 1.82) is 0 Å². The Morgan fingerprint density at radius 3 is 2.50 bits per heavy atom. The van der Waals surface area contributed by atoms with Gasteiger partial charge in [-0.25, -0.2) is 19.7 Å². The Morgan fingerprint density at radius 1 is 1.12 bits per heavy atom. The maximum absolute atomic E-state index is 14.4. The summed E-state index contributed by atoms with van der Waals surface area (Å²) in [4.78, 5) is 59.1. The molecule has 0 bridgehead atoms. The minimum atomic E-state index is -4.59. The zero-order valence-electron chi connectivity index (χ0n) is 27.1. The van der Waals surface area contributed by atoms with Crippen LogP contribution in [0.3, 0.4) is 0 Å². The number of anilines is 2. The summed E-state index contributed by atoms with van der Waals surface area (Å²) in [5, 5.41) is 3.05. The van der Waals surface area contributed by atoms with Crippen LogP contribution in [-0.2, 0) is 28.7 Å². The average Bonchev–Trinajstić information content (AvgIpc) is 3.28. The van der Waals surface area contributed by atoms with Gasteiger partial charge in [0, 0.05) is 31.4 Å². The number of halogens is 4. The summed E-state index contributed by atoms with van der Waals surface area (Å²) in [5.41, 5.74) is -0.446. The lowest BCUT2D eigenvalue weighted by atomic mass is 9.78. The van der Waals surface area contributed by atoms with Crippen LogP contribution in [-0.4, -0.2) is 67.7 Å². The van der Waals surface area contributed by atoms with Gasteiger partial charge in [-0.3, -0.25) is 9.59 Å². The number of nitrogens with one attached hydrogen (secondary N) is 1. The first-order valence-corrected chi connectivity index (χ1v) is 16.8. The lowest BCUT2D eigenvalue weighted by Gasteiger charge is -2.44. The van der Waals surface area contributed by atoms with Gasteiger partial charge in [0.15, 0.2) is 21.6 Å². The van der Waals surface area contributed by atoms with E-state index in [9.17, 15) is 27.6 Å². The molecule has 1 aliphatic carbocycles. The van der Waals surface area contributed by atoms with E-state index in [-0.39, 0.29) is 45.8 Å². The third-order valence-corrected chi connectivity index (χ3v) is 9.78. The largest absolute Gasteiger partial charge is 0.444 e. The van der Waals surface area contributed by atoms with E-state index in [0.717, 1.165) is 31.0 Å². The number of aromatic nitrogens is 4. The zero-order valence-corrected chi connectivity index (χ0v) is 28.6. The summed E-state index contributed by atoms with van der Waals surface area (Å²) >= 11 is 7.44. The van der Waals surface area contributed by atoms with Crippen LogP contribution in [0.2, 0.25) is 5.02 Å². The summed E-state index contributed by atoms with van der Waals surface area (Å²) in [5.74, 6) is -0.480. The van der Waals surface area contributed by atoms with Gasteiger partial charge in [0.2, 0.25) is 11.3 Å². The highest BCUT2D eigenvalue weighted by atomic mass is 35.5. The highest BCUT2D eigenvalue weighted by molar-refractivity contribution is 7.18. The molecular weight excluding hydrogens is 671 g/mol. The molecule has 6 rings (SSSR count). The number of carbonyl (C=O) groups is 2. The van der Waals surface area contributed by atoms with Crippen LogP contribution >= 0.6 is 22.9 Å². The molecule has 3 aromatic heterocycles. The molecule has 1 N–H and O–H groups in total. The van der Waals surface area contributed by atoms with E-state index in [1.807, 2.05) is 32.6 Å². The van der Waals surface area contributed by atoms with E-state index in [1.54, 1.807) is 16.4 Å².